The lowest BCUT2D eigenvalue weighted by Crippen LogP contribution is -2.33. The highest BCUT2D eigenvalue weighted by atomic mass is 16.1. The van der Waals surface area contributed by atoms with Gasteiger partial charge < -0.3 is 9.97 Å². The summed E-state index contributed by atoms with van der Waals surface area (Å²) in [6.07, 6.45) is 5.87. The van der Waals surface area contributed by atoms with Gasteiger partial charge in [0.05, 0.1) is 0 Å². The zero-order valence-electron chi connectivity index (χ0n) is 15.4. The maximum Gasteiger partial charge on any atom is 0.195 e. The van der Waals surface area contributed by atoms with E-state index >= 15 is 0 Å². The quantitative estimate of drug-likeness (QED) is 0.373. The van der Waals surface area contributed by atoms with Crippen molar-refractivity contribution in [3.8, 4) is 0 Å². The molecule has 2 N–H and O–H groups in total. The molecule has 0 aliphatic rings. The van der Waals surface area contributed by atoms with Gasteiger partial charge in [0.15, 0.2) is 24.7 Å². The van der Waals surface area contributed by atoms with Crippen molar-refractivity contribution in [3.05, 3.63) is 95.7 Å². The zero-order valence-corrected chi connectivity index (χ0v) is 15.4. The minimum absolute atomic E-state index is 0.0333. The van der Waals surface area contributed by atoms with E-state index in [2.05, 4.69) is 25.7 Å². The van der Waals surface area contributed by atoms with E-state index < -0.39 is 0 Å². The third-order valence-electron chi connectivity index (χ3n) is 5.01. The van der Waals surface area contributed by atoms with Gasteiger partial charge in [0.25, 0.3) is 0 Å². The number of hydrogen-bond donors (Lipinski definition) is 2. The highest BCUT2D eigenvalue weighted by molar-refractivity contribution is 6.16. The molecule has 28 heavy (non-hydrogen) atoms. The number of nitrogens with one attached hydrogen (secondary N) is 2. The smallest absolute Gasteiger partial charge is 0.195 e. The van der Waals surface area contributed by atoms with Gasteiger partial charge in [-0.2, -0.15) is 4.57 Å². The molecule has 5 heteroatoms. The van der Waals surface area contributed by atoms with E-state index in [1.807, 2.05) is 67.7 Å². The van der Waals surface area contributed by atoms with Crippen LogP contribution in [0.25, 0.3) is 21.9 Å². The van der Waals surface area contributed by atoms with Crippen LogP contribution in [-0.4, -0.2) is 20.7 Å². The van der Waals surface area contributed by atoms with E-state index in [1.165, 1.54) is 0 Å². The maximum atomic E-state index is 12.9. The molecule has 0 aliphatic heterocycles. The summed E-state index contributed by atoms with van der Waals surface area (Å²) in [6.45, 7) is 2.68. The first kappa shape index (κ1) is 16.4. The summed E-state index contributed by atoms with van der Waals surface area (Å²) < 4.78 is 2.11. The molecule has 0 atom stereocenters. The number of H-pyrrole nitrogens is 2. The summed E-state index contributed by atoms with van der Waals surface area (Å²) >= 11 is 0. The second kappa shape index (κ2) is 6.46. The number of carbonyl (C=O) groups is 1. The minimum atomic E-state index is 0.0333. The lowest BCUT2D eigenvalue weighted by atomic mass is 10.0. The third-order valence-corrected chi connectivity index (χ3v) is 5.01. The van der Waals surface area contributed by atoms with E-state index in [1.54, 1.807) is 6.20 Å². The van der Waals surface area contributed by atoms with Crippen LogP contribution in [0.3, 0.4) is 0 Å². The third kappa shape index (κ3) is 2.87. The predicted molar refractivity (Wildman–Crippen MR) is 108 cm³/mol. The Balaban J connectivity index is 1.39. The van der Waals surface area contributed by atoms with Crippen molar-refractivity contribution < 1.29 is 9.36 Å². The fourth-order valence-corrected chi connectivity index (χ4v) is 3.61. The number of aromatic amines is 2. The average Bonchev–Trinajstić information content (AvgIpc) is 3.30. The van der Waals surface area contributed by atoms with Crippen molar-refractivity contribution in [2.45, 2.75) is 13.5 Å². The lowest BCUT2D eigenvalue weighted by molar-refractivity contribution is -0.687. The van der Waals surface area contributed by atoms with Gasteiger partial charge in [-0.05, 0) is 13.0 Å². The highest BCUT2D eigenvalue weighted by Crippen LogP contribution is 2.21. The molecule has 5 nitrogen and oxygen atoms in total. The van der Waals surface area contributed by atoms with E-state index in [9.17, 15) is 4.79 Å². The number of ketones is 1. The van der Waals surface area contributed by atoms with Crippen LogP contribution in [0.1, 0.15) is 27.3 Å². The number of nitrogens with zero attached hydrogens (tertiary/aromatic N) is 2. The van der Waals surface area contributed by atoms with E-state index in [-0.39, 0.29) is 5.78 Å². The Bertz CT molecular complexity index is 1310. The summed E-state index contributed by atoms with van der Waals surface area (Å²) in [5.41, 5.74) is 5.50. The van der Waals surface area contributed by atoms with Crippen molar-refractivity contribution >= 4 is 27.7 Å². The molecule has 0 bridgehead atoms. The Hall–Kier alpha value is -3.73. The van der Waals surface area contributed by atoms with Crippen LogP contribution in [-0.2, 0) is 6.54 Å². The number of rotatable bonds is 4. The van der Waals surface area contributed by atoms with Crippen LogP contribution in [0.4, 0.5) is 0 Å². The summed E-state index contributed by atoms with van der Waals surface area (Å²) in [6, 6.07) is 17.7. The number of hydrogen-bond acceptors (Lipinski definition) is 2. The Labute approximate surface area is 161 Å². The van der Waals surface area contributed by atoms with Crippen molar-refractivity contribution in [2.75, 3.05) is 0 Å². The number of pyridine rings is 1. The number of para-hydroxylation sites is 1. The van der Waals surface area contributed by atoms with Crippen molar-refractivity contribution in [1.29, 1.82) is 0 Å². The van der Waals surface area contributed by atoms with Crippen LogP contribution in [0, 0.1) is 6.92 Å². The Kier molecular flexibility index (Phi) is 3.79. The molecular formula is C23H19N4O+. The van der Waals surface area contributed by atoms with Crippen LogP contribution in [0.5, 0.6) is 0 Å². The molecule has 3 heterocycles. The number of benzene rings is 2. The normalized spacial score (nSPS) is 11.3. The van der Waals surface area contributed by atoms with Gasteiger partial charge in [-0.15, -0.1) is 0 Å². The van der Waals surface area contributed by atoms with Crippen LogP contribution < -0.4 is 4.57 Å². The van der Waals surface area contributed by atoms with Gasteiger partial charge in [-0.1, -0.05) is 42.5 Å². The fraction of sp³-hybridized carbons (Fsp3) is 0.0870. The topological polar surface area (TPSA) is 65.4 Å². The SMILES string of the molecule is Cc1nc2cc[n+](Cc3ccc(C(=O)c4c[nH]c5ccccc45)cc3)cc2[nH]1. The first-order chi connectivity index (χ1) is 13.7. The van der Waals surface area contributed by atoms with Gasteiger partial charge >= 0.3 is 0 Å². The van der Waals surface area contributed by atoms with Gasteiger partial charge in [0.1, 0.15) is 16.9 Å². The number of aromatic nitrogens is 4. The fourth-order valence-electron chi connectivity index (χ4n) is 3.61. The van der Waals surface area contributed by atoms with Gasteiger partial charge in [0, 0.05) is 39.9 Å². The Morgan fingerprint density at radius 2 is 1.86 bits per heavy atom. The van der Waals surface area contributed by atoms with Gasteiger partial charge in [0.2, 0.25) is 0 Å². The van der Waals surface area contributed by atoms with Crippen LogP contribution in [0.2, 0.25) is 0 Å². The molecule has 5 rings (SSSR count). The van der Waals surface area contributed by atoms with Gasteiger partial charge in [-0.25, -0.2) is 4.98 Å². The number of imidazole rings is 1. The van der Waals surface area contributed by atoms with Crippen LogP contribution >= 0.6 is 0 Å². The standard InChI is InChI=1S/C23H18N4O/c1-15-25-21-10-11-27(14-22(21)26-15)13-16-6-8-17(9-7-16)23(28)19-12-24-20-5-3-2-4-18(19)20/h2-12,14H,13H2,1H3,(H,24,28)/p+1. The molecule has 0 fully saturated rings. The van der Waals surface area contributed by atoms with Crippen molar-refractivity contribution in [1.82, 2.24) is 15.0 Å². The lowest BCUT2D eigenvalue weighted by Gasteiger charge is -2.02. The summed E-state index contributed by atoms with van der Waals surface area (Å²) in [5, 5.41) is 0.954. The van der Waals surface area contributed by atoms with Crippen LogP contribution in [0.15, 0.2) is 73.2 Å². The largest absolute Gasteiger partial charge is 0.360 e. The first-order valence-corrected chi connectivity index (χ1v) is 9.22. The molecule has 5 aromatic rings. The number of carbonyl (C=O) groups excluding carboxylic acids is 1. The van der Waals surface area contributed by atoms with E-state index in [0.29, 0.717) is 11.1 Å². The number of aryl methyl sites for hydroxylation is 1. The van der Waals surface area contributed by atoms with E-state index in [0.717, 1.165) is 39.9 Å². The zero-order chi connectivity index (χ0) is 19.1. The molecule has 0 saturated carbocycles. The molecular weight excluding hydrogens is 348 g/mol. The molecule has 2 aromatic carbocycles. The molecule has 0 unspecified atom stereocenters. The Morgan fingerprint density at radius 1 is 1.04 bits per heavy atom. The molecule has 0 spiro atoms. The van der Waals surface area contributed by atoms with E-state index in [4.69, 9.17) is 0 Å². The monoisotopic (exact) mass is 367 g/mol. The van der Waals surface area contributed by atoms with Gasteiger partial charge in [-0.3, -0.25) is 4.79 Å². The summed E-state index contributed by atoms with van der Waals surface area (Å²) in [5.74, 6) is 0.943. The second-order valence-corrected chi connectivity index (χ2v) is 7.01. The molecule has 3 aromatic heterocycles. The predicted octanol–water partition coefficient (Wildman–Crippen LogP) is 3.92. The highest BCUT2D eigenvalue weighted by Gasteiger charge is 2.14. The van der Waals surface area contributed by atoms with Crippen molar-refractivity contribution in [2.24, 2.45) is 0 Å². The first-order valence-electron chi connectivity index (χ1n) is 9.22. The molecule has 0 saturated heterocycles. The molecule has 0 radical (unpaired) electrons. The molecule has 136 valence electrons. The maximum absolute atomic E-state index is 12.9. The summed E-state index contributed by atoms with van der Waals surface area (Å²) in [4.78, 5) is 23.8. The average molecular weight is 367 g/mol. The number of fused-ring (bicyclic) bond motifs is 2. The summed E-state index contributed by atoms with van der Waals surface area (Å²) in [7, 11) is 0. The molecule has 0 aliphatic carbocycles. The molecule has 0 amide bonds. The van der Waals surface area contributed by atoms with Crippen molar-refractivity contribution in [3.63, 3.8) is 0 Å². The second-order valence-electron chi connectivity index (χ2n) is 7.01. The minimum Gasteiger partial charge on any atom is -0.360 e. The Morgan fingerprint density at radius 3 is 2.71 bits per heavy atom.